The molecule has 244 valence electrons. The first-order chi connectivity index (χ1) is 21.1. The lowest BCUT2D eigenvalue weighted by atomic mass is 9.75. The van der Waals surface area contributed by atoms with Gasteiger partial charge in [0, 0.05) is 36.3 Å². The molecule has 0 radical (unpaired) electrons. The van der Waals surface area contributed by atoms with Crippen LogP contribution in [0.3, 0.4) is 0 Å². The zero-order valence-corrected chi connectivity index (χ0v) is 28.0. The van der Waals surface area contributed by atoms with Crippen molar-refractivity contribution in [2.45, 2.75) is 68.3 Å². The molecule has 11 heteroatoms. The molecule has 9 nitrogen and oxygen atoms in total. The third-order valence-corrected chi connectivity index (χ3v) is 11.3. The maximum atomic E-state index is 13.6. The molecule has 4 rings (SSSR count). The molecule has 2 aromatic rings. The molecule has 1 saturated carbocycles. The monoisotopic (exact) mass is 649 g/mol. The van der Waals surface area contributed by atoms with Gasteiger partial charge in [0.15, 0.2) is 0 Å². The summed E-state index contributed by atoms with van der Waals surface area (Å²) in [5.41, 5.74) is 1.31. The molecule has 1 amide bonds. The Hall–Kier alpha value is -2.37. The van der Waals surface area contributed by atoms with E-state index < -0.39 is 10.0 Å². The van der Waals surface area contributed by atoms with E-state index in [4.69, 9.17) is 25.8 Å². The van der Waals surface area contributed by atoms with E-state index in [1.165, 1.54) is 30.2 Å². The average Bonchev–Trinajstić information content (AvgIpc) is 3.02. The Balaban J connectivity index is 1.20. The predicted octanol–water partition coefficient (Wildman–Crippen LogP) is 5.53. The fourth-order valence-corrected chi connectivity index (χ4v) is 8.71. The number of sulfonamides is 1. The van der Waals surface area contributed by atoms with E-state index >= 15 is 0 Å². The number of benzene rings is 2. The van der Waals surface area contributed by atoms with Crippen molar-refractivity contribution in [2.24, 2.45) is 11.8 Å². The number of methoxy groups -OCH3 is 2. The Bertz CT molecular complexity index is 1320. The van der Waals surface area contributed by atoms with Crippen molar-refractivity contribution < 1.29 is 27.4 Å². The smallest absolute Gasteiger partial charge is 0.247 e. The number of nitrogens with one attached hydrogen (secondary N) is 1. The van der Waals surface area contributed by atoms with Gasteiger partial charge in [0.25, 0.3) is 0 Å². The molecule has 1 saturated heterocycles. The SMILES string of the molecule is COc1ccc(S(=O)(=O)N2CCCCC2COCC(=O)NCCC2CCC(C(c3ccc(Cl)cc3)N(C)C)CC2)c(OC)c1. The fraction of sp³-hybridized carbons (Fsp3) is 0.606. The highest BCUT2D eigenvalue weighted by Crippen LogP contribution is 2.40. The first-order valence-electron chi connectivity index (χ1n) is 15.6. The summed E-state index contributed by atoms with van der Waals surface area (Å²) in [6.07, 6.45) is 7.93. The van der Waals surface area contributed by atoms with Crippen LogP contribution < -0.4 is 14.8 Å². The normalized spacial score (nSPS) is 22.0. The molecule has 2 aromatic carbocycles. The van der Waals surface area contributed by atoms with Crippen molar-refractivity contribution in [1.82, 2.24) is 14.5 Å². The molecule has 2 fully saturated rings. The van der Waals surface area contributed by atoms with E-state index in [0.29, 0.717) is 43.1 Å². The molecule has 1 heterocycles. The van der Waals surface area contributed by atoms with Gasteiger partial charge in [-0.05, 0) is 87.9 Å². The van der Waals surface area contributed by atoms with E-state index in [-0.39, 0.29) is 35.8 Å². The second-order valence-electron chi connectivity index (χ2n) is 12.2. The third-order valence-electron chi connectivity index (χ3n) is 9.05. The maximum absolute atomic E-state index is 13.6. The first kappa shape index (κ1) is 34.5. The van der Waals surface area contributed by atoms with Crippen molar-refractivity contribution in [1.29, 1.82) is 0 Å². The molecule has 44 heavy (non-hydrogen) atoms. The number of rotatable bonds is 14. The molecule has 1 aliphatic heterocycles. The zero-order valence-electron chi connectivity index (χ0n) is 26.5. The van der Waals surface area contributed by atoms with Gasteiger partial charge in [-0.3, -0.25) is 4.79 Å². The first-order valence-corrected chi connectivity index (χ1v) is 17.5. The number of piperidine rings is 1. The lowest BCUT2D eigenvalue weighted by molar-refractivity contribution is -0.126. The van der Waals surface area contributed by atoms with E-state index in [1.807, 2.05) is 12.1 Å². The van der Waals surface area contributed by atoms with Crippen LogP contribution in [-0.4, -0.2) is 84.2 Å². The van der Waals surface area contributed by atoms with E-state index in [0.717, 1.165) is 50.0 Å². The summed E-state index contributed by atoms with van der Waals surface area (Å²) in [7, 11) is 3.43. The second-order valence-corrected chi connectivity index (χ2v) is 14.5. The van der Waals surface area contributed by atoms with E-state index in [1.54, 1.807) is 12.1 Å². The highest BCUT2D eigenvalue weighted by molar-refractivity contribution is 7.89. The lowest BCUT2D eigenvalue weighted by Crippen LogP contribution is -2.46. The van der Waals surface area contributed by atoms with Gasteiger partial charge in [-0.1, -0.05) is 43.0 Å². The van der Waals surface area contributed by atoms with Crippen LogP contribution in [0.1, 0.15) is 63.0 Å². The molecule has 2 unspecified atom stereocenters. The van der Waals surface area contributed by atoms with Crippen molar-refractivity contribution in [3.05, 3.63) is 53.1 Å². The van der Waals surface area contributed by atoms with Crippen molar-refractivity contribution >= 4 is 27.5 Å². The average molecular weight is 650 g/mol. The van der Waals surface area contributed by atoms with Crippen molar-refractivity contribution in [3.63, 3.8) is 0 Å². The van der Waals surface area contributed by atoms with Crippen LogP contribution in [-0.2, 0) is 19.6 Å². The van der Waals surface area contributed by atoms with Gasteiger partial charge < -0.3 is 24.4 Å². The molecule has 2 aliphatic rings. The number of hydrogen-bond donors (Lipinski definition) is 1. The van der Waals surface area contributed by atoms with Crippen LogP contribution in [0.25, 0.3) is 0 Å². The number of amides is 1. The summed E-state index contributed by atoms with van der Waals surface area (Å²) in [5.74, 6) is 1.78. The largest absolute Gasteiger partial charge is 0.497 e. The summed E-state index contributed by atoms with van der Waals surface area (Å²) < 4.78 is 45.0. The Morgan fingerprint density at radius 3 is 2.41 bits per heavy atom. The molecule has 0 bridgehead atoms. The van der Waals surface area contributed by atoms with Crippen LogP contribution in [0.2, 0.25) is 5.02 Å². The lowest BCUT2D eigenvalue weighted by Gasteiger charge is -2.37. The standard InChI is InChI=1S/C33H48ClN3O6S/c1-36(2)33(26-12-14-27(34)15-13-26)25-10-8-24(9-11-25)18-19-35-32(38)23-43-22-28-7-5-6-20-37(28)44(39,40)31-17-16-29(41-3)21-30(31)42-4/h12-17,21,24-25,28,33H,5-11,18-20,22-23H2,1-4H3,(H,35,38). The molecular weight excluding hydrogens is 602 g/mol. The van der Waals surface area contributed by atoms with Crippen molar-refractivity contribution in [3.8, 4) is 11.5 Å². The van der Waals surface area contributed by atoms with E-state index in [2.05, 4.69) is 36.4 Å². The molecular formula is C33H48ClN3O6S. The molecule has 0 aromatic heterocycles. The summed E-state index contributed by atoms with van der Waals surface area (Å²) in [6.45, 7) is 1.09. The minimum absolute atomic E-state index is 0.0887. The molecule has 1 aliphatic carbocycles. The van der Waals surface area contributed by atoms with Gasteiger partial charge in [-0.2, -0.15) is 4.31 Å². The Labute approximate surface area is 268 Å². The van der Waals surface area contributed by atoms with Crippen LogP contribution in [0.5, 0.6) is 11.5 Å². The highest BCUT2D eigenvalue weighted by Gasteiger charge is 2.36. The highest BCUT2D eigenvalue weighted by atomic mass is 35.5. The number of carbonyl (C=O) groups excluding carboxylic acids is 1. The van der Waals surface area contributed by atoms with E-state index in [9.17, 15) is 13.2 Å². The minimum Gasteiger partial charge on any atom is -0.497 e. The summed E-state index contributed by atoms with van der Waals surface area (Å²) in [6, 6.07) is 12.9. The topological polar surface area (TPSA) is 97.4 Å². The number of nitrogens with zero attached hydrogens (tertiary/aromatic N) is 2. The van der Waals surface area contributed by atoms with Gasteiger partial charge in [0.1, 0.15) is 23.0 Å². The third kappa shape index (κ3) is 8.88. The van der Waals surface area contributed by atoms with Crippen LogP contribution >= 0.6 is 11.6 Å². The summed E-state index contributed by atoms with van der Waals surface area (Å²) in [5, 5.41) is 3.76. The van der Waals surface area contributed by atoms with Crippen LogP contribution in [0, 0.1) is 11.8 Å². The van der Waals surface area contributed by atoms with Crippen LogP contribution in [0.15, 0.2) is 47.4 Å². The number of hydrogen-bond acceptors (Lipinski definition) is 7. The van der Waals surface area contributed by atoms with Crippen LogP contribution in [0.4, 0.5) is 0 Å². The maximum Gasteiger partial charge on any atom is 0.247 e. The summed E-state index contributed by atoms with van der Waals surface area (Å²) >= 11 is 6.11. The number of carbonyl (C=O) groups is 1. The minimum atomic E-state index is -3.82. The molecule has 1 N–H and O–H groups in total. The number of ether oxygens (including phenoxy) is 3. The Morgan fingerprint density at radius 1 is 1.02 bits per heavy atom. The van der Waals surface area contributed by atoms with Gasteiger partial charge in [0.05, 0.1) is 20.8 Å². The second kappa shape index (κ2) is 16.3. The quantitative estimate of drug-likeness (QED) is 0.287. The predicted molar refractivity (Wildman–Crippen MR) is 173 cm³/mol. The van der Waals surface area contributed by atoms with Gasteiger partial charge in [-0.15, -0.1) is 0 Å². The summed E-state index contributed by atoms with van der Waals surface area (Å²) in [4.78, 5) is 15.0. The fourth-order valence-electron chi connectivity index (χ4n) is 6.77. The zero-order chi connectivity index (χ0) is 31.7. The van der Waals surface area contributed by atoms with Gasteiger partial charge in [-0.25, -0.2) is 8.42 Å². The van der Waals surface area contributed by atoms with Gasteiger partial charge in [0.2, 0.25) is 15.9 Å². The van der Waals surface area contributed by atoms with Crippen molar-refractivity contribution in [2.75, 3.05) is 54.6 Å². The number of halogens is 1. The Morgan fingerprint density at radius 2 is 1.75 bits per heavy atom. The Kier molecular flexibility index (Phi) is 12.8. The molecule has 0 spiro atoms. The molecule has 2 atom stereocenters. The van der Waals surface area contributed by atoms with Gasteiger partial charge >= 0.3 is 0 Å².